The van der Waals surface area contributed by atoms with Crippen LogP contribution in [0.1, 0.15) is 51.4 Å². The first kappa shape index (κ1) is 11.6. The van der Waals surface area contributed by atoms with Crippen LogP contribution >= 0.6 is 0 Å². The lowest BCUT2D eigenvalue weighted by Crippen LogP contribution is -2.65. The third-order valence-electron chi connectivity index (χ3n) is 4.83. The van der Waals surface area contributed by atoms with Gasteiger partial charge >= 0.3 is 0 Å². The van der Waals surface area contributed by atoms with Crippen molar-refractivity contribution in [1.29, 1.82) is 0 Å². The van der Waals surface area contributed by atoms with Crippen molar-refractivity contribution in [3.63, 3.8) is 0 Å². The molecule has 2 fully saturated rings. The van der Waals surface area contributed by atoms with E-state index in [9.17, 15) is 0 Å². The fraction of sp³-hybridized carbons (Fsp3) is 1.00. The molecule has 0 amide bonds. The summed E-state index contributed by atoms with van der Waals surface area (Å²) in [5.74, 6) is 0. The highest BCUT2D eigenvalue weighted by molar-refractivity contribution is 6.78. The van der Waals surface area contributed by atoms with E-state index >= 15 is 0 Å². The second-order valence-electron chi connectivity index (χ2n) is 5.33. The van der Waals surface area contributed by atoms with E-state index in [1.807, 2.05) is 0 Å². The van der Waals surface area contributed by atoms with E-state index in [4.69, 9.17) is 0 Å². The summed E-state index contributed by atoms with van der Waals surface area (Å²) in [5, 5.41) is 0. The van der Waals surface area contributed by atoms with Crippen molar-refractivity contribution in [2.75, 3.05) is 14.1 Å². The van der Waals surface area contributed by atoms with Gasteiger partial charge in [0.05, 0.1) is 0 Å². The van der Waals surface area contributed by atoms with Gasteiger partial charge < -0.3 is 9.96 Å². The van der Waals surface area contributed by atoms with Gasteiger partial charge in [0, 0.05) is 0 Å². The van der Waals surface area contributed by atoms with Gasteiger partial charge in [0.2, 0.25) is 8.40 Å². The second kappa shape index (κ2) is 4.98. The predicted molar refractivity (Wildman–Crippen MR) is 68.3 cm³/mol. The second-order valence-corrected chi connectivity index (χ2v) is 9.70. The first-order valence-corrected chi connectivity index (χ1v) is 8.87. The summed E-state index contributed by atoms with van der Waals surface area (Å²) in [6, 6.07) is 0. The molecule has 2 saturated carbocycles. The standard InChI is InChI=1S/C12H26N2Si/c1-13-15(14-2,11-7-3-4-8-11)12-9-5-6-10-12/h11-14H,3-10H2,1-2H3. The van der Waals surface area contributed by atoms with Crippen molar-refractivity contribution in [2.24, 2.45) is 0 Å². The van der Waals surface area contributed by atoms with Crippen LogP contribution in [0, 0.1) is 0 Å². The van der Waals surface area contributed by atoms with Gasteiger partial charge in [-0.15, -0.1) is 0 Å². The zero-order chi connectivity index (χ0) is 10.7. The molecule has 2 nitrogen and oxygen atoms in total. The van der Waals surface area contributed by atoms with E-state index < -0.39 is 8.40 Å². The highest BCUT2D eigenvalue weighted by Gasteiger charge is 2.47. The van der Waals surface area contributed by atoms with Crippen molar-refractivity contribution < 1.29 is 0 Å². The molecule has 0 unspecified atom stereocenters. The minimum absolute atomic E-state index is 0.996. The smallest absolute Gasteiger partial charge is 0.207 e. The molecule has 88 valence electrons. The van der Waals surface area contributed by atoms with Gasteiger partial charge in [0.15, 0.2) is 0 Å². The highest BCUT2D eigenvalue weighted by Crippen LogP contribution is 2.46. The van der Waals surface area contributed by atoms with Crippen LogP contribution in [0.2, 0.25) is 11.1 Å². The van der Waals surface area contributed by atoms with E-state index in [0.29, 0.717) is 0 Å². The van der Waals surface area contributed by atoms with Crippen LogP contribution in [0.4, 0.5) is 0 Å². The Morgan fingerprint density at radius 2 is 1.07 bits per heavy atom. The summed E-state index contributed by atoms with van der Waals surface area (Å²) in [6.45, 7) is 0. The number of rotatable bonds is 4. The number of hydrogen-bond donors (Lipinski definition) is 2. The van der Waals surface area contributed by atoms with Gasteiger partial charge in [0.1, 0.15) is 0 Å². The molecule has 2 rings (SSSR count). The predicted octanol–water partition coefficient (Wildman–Crippen LogP) is 2.76. The molecule has 0 heterocycles. The van der Waals surface area contributed by atoms with Gasteiger partial charge in [0.25, 0.3) is 0 Å². The molecule has 0 aliphatic heterocycles. The van der Waals surface area contributed by atoms with Crippen LogP contribution in [0.5, 0.6) is 0 Å². The van der Waals surface area contributed by atoms with E-state index in [0.717, 1.165) is 11.1 Å². The normalized spacial score (nSPS) is 25.2. The molecule has 0 saturated heterocycles. The van der Waals surface area contributed by atoms with Gasteiger partial charge in [-0.2, -0.15) is 0 Å². The first-order valence-electron chi connectivity index (χ1n) is 6.71. The Morgan fingerprint density at radius 3 is 1.33 bits per heavy atom. The number of hydrogen-bond acceptors (Lipinski definition) is 2. The van der Waals surface area contributed by atoms with Crippen molar-refractivity contribution in [1.82, 2.24) is 9.96 Å². The molecule has 0 aromatic rings. The maximum absolute atomic E-state index is 3.78. The minimum atomic E-state index is -1.38. The van der Waals surface area contributed by atoms with Gasteiger partial charge in [-0.3, -0.25) is 0 Å². The summed E-state index contributed by atoms with van der Waals surface area (Å²) in [4.78, 5) is 7.55. The van der Waals surface area contributed by atoms with E-state index in [1.165, 1.54) is 51.4 Å². The Hall–Kier alpha value is 0.137. The summed E-state index contributed by atoms with van der Waals surface area (Å²) in [7, 11) is 3.04. The Balaban J connectivity index is 2.13. The molecule has 0 spiro atoms. The molecule has 2 aliphatic rings. The lowest BCUT2D eigenvalue weighted by molar-refractivity contribution is 0.683. The Morgan fingerprint density at radius 1 is 0.733 bits per heavy atom. The van der Waals surface area contributed by atoms with Crippen LogP contribution in [0.3, 0.4) is 0 Å². The topological polar surface area (TPSA) is 24.1 Å². The third-order valence-corrected chi connectivity index (χ3v) is 10.2. The molecule has 0 aromatic carbocycles. The highest BCUT2D eigenvalue weighted by atomic mass is 28.3. The lowest BCUT2D eigenvalue weighted by atomic mass is 10.3. The van der Waals surface area contributed by atoms with Gasteiger partial charge in [-0.1, -0.05) is 51.4 Å². The van der Waals surface area contributed by atoms with Gasteiger partial charge in [-0.05, 0) is 25.2 Å². The van der Waals surface area contributed by atoms with E-state index in [1.54, 1.807) is 0 Å². The SMILES string of the molecule is CN[Si](NC)(C1CCCC1)C1CCCC1. The third kappa shape index (κ3) is 2.02. The molecule has 3 heteroatoms. The van der Waals surface area contributed by atoms with Crippen LogP contribution in [-0.2, 0) is 0 Å². The Labute approximate surface area is 95.4 Å². The average Bonchev–Trinajstić information content (AvgIpc) is 2.92. The van der Waals surface area contributed by atoms with Crippen LogP contribution < -0.4 is 9.96 Å². The molecule has 0 atom stereocenters. The summed E-state index contributed by atoms with van der Waals surface area (Å²) in [5.41, 5.74) is 1.99. The Bertz CT molecular complexity index is 174. The van der Waals surface area contributed by atoms with E-state index in [-0.39, 0.29) is 0 Å². The molecule has 0 radical (unpaired) electrons. The summed E-state index contributed by atoms with van der Waals surface area (Å²) in [6.07, 6.45) is 11.8. The lowest BCUT2D eigenvalue weighted by Gasteiger charge is -2.41. The van der Waals surface area contributed by atoms with Crippen molar-refractivity contribution in [3.8, 4) is 0 Å². The average molecular weight is 226 g/mol. The van der Waals surface area contributed by atoms with Crippen molar-refractivity contribution in [3.05, 3.63) is 0 Å². The molecule has 2 aliphatic carbocycles. The van der Waals surface area contributed by atoms with Crippen LogP contribution in [0.25, 0.3) is 0 Å². The Kier molecular flexibility index (Phi) is 3.86. The van der Waals surface area contributed by atoms with Gasteiger partial charge in [-0.25, -0.2) is 0 Å². The summed E-state index contributed by atoms with van der Waals surface area (Å²) >= 11 is 0. The van der Waals surface area contributed by atoms with Crippen molar-refractivity contribution >= 4 is 8.40 Å². The van der Waals surface area contributed by atoms with E-state index in [2.05, 4.69) is 24.1 Å². The monoisotopic (exact) mass is 226 g/mol. The summed E-state index contributed by atoms with van der Waals surface area (Å²) < 4.78 is 0. The van der Waals surface area contributed by atoms with Crippen molar-refractivity contribution in [2.45, 2.75) is 62.4 Å². The van der Waals surface area contributed by atoms with Crippen LogP contribution in [-0.4, -0.2) is 22.5 Å². The minimum Gasteiger partial charge on any atom is -0.328 e. The molecular weight excluding hydrogens is 200 g/mol. The zero-order valence-corrected chi connectivity index (χ0v) is 11.3. The number of nitrogens with one attached hydrogen (secondary N) is 2. The maximum Gasteiger partial charge on any atom is 0.207 e. The quantitative estimate of drug-likeness (QED) is 0.720. The zero-order valence-electron chi connectivity index (χ0n) is 10.3. The maximum atomic E-state index is 3.78. The fourth-order valence-corrected chi connectivity index (χ4v) is 9.22. The first-order chi connectivity index (χ1) is 7.33. The molecular formula is C12H26N2Si. The molecule has 15 heavy (non-hydrogen) atoms. The molecule has 2 N–H and O–H groups in total. The van der Waals surface area contributed by atoms with Crippen LogP contribution in [0.15, 0.2) is 0 Å². The molecule has 0 bridgehead atoms. The largest absolute Gasteiger partial charge is 0.328 e. The fourth-order valence-electron chi connectivity index (χ4n) is 4.04. The molecule has 0 aromatic heterocycles.